The van der Waals surface area contributed by atoms with E-state index in [0.717, 1.165) is 92.9 Å². The van der Waals surface area contributed by atoms with Gasteiger partial charge < -0.3 is 20.4 Å². The van der Waals surface area contributed by atoms with E-state index in [4.69, 9.17) is 4.99 Å². The van der Waals surface area contributed by atoms with Gasteiger partial charge >= 0.3 is 0 Å². The van der Waals surface area contributed by atoms with Crippen LogP contribution in [0.4, 0.5) is 11.4 Å². The van der Waals surface area contributed by atoms with Gasteiger partial charge in [0.2, 0.25) is 5.91 Å². The second-order valence-electron chi connectivity index (χ2n) is 15.8. The van der Waals surface area contributed by atoms with Crippen LogP contribution < -0.4 is 10.6 Å². The van der Waals surface area contributed by atoms with Crippen LogP contribution in [0.15, 0.2) is 102 Å². The number of aliphatic imine (C=N–C) groups is 1. The molecule has 1 saturated heterocycles. The molecule has 2 amide bonds. The molecule has 9 heteroatoms. The monoisotopic (exact) mass is 756 g/mol. The molecule has 56 heavy (non-hydrogen) atoms. The van der Waals surface area contributed by atoms with Crippen molar-refractivity contribution in [1.29, 1.82) is 0 Å². The molecule has 0 aliphatic carbocycles. The Morgan fingerprint density at radius 3 is 2.09 bits per heavy atom. The largest absolute Gasteiger partial charge is 0.340 e. The predicted octanol–water partition coefficient (Wildman–Crippen LogP) is 8.81. The maximum absolute atomic E-state index is 14.2. The number of hydrogen-bond donors (Lipinski definition) is 2. The highest BCUT2D eigenvalue weighted by molar-refractivity contribution is 6.33. The van der Waals surface area contributed by atoms with Gasteiger partial charge in [0, 0.05) is 61.8 Å². The number of amides is 2. The zero-order valence-electron chi connectivity index (χ0n) is 34.4. The van der Waals surface area contributed by atoms with E-state index >= 15 is 0 Å². The first kappa shape index (κ1) is 42.0. The standard InChI is InChI=1S/C47H60N6O3/c1-8-34(3)17-26-42(40-15-14-16-41(35(40)4)50-45(55)37-18-22-38(23-19-37)47(5,6)7)49-43(33-54)48-39-24-20-36(21-25-39)44(52-31-29-51(9-2)30-32-52)46(56)53-27-12-10-11-13-28-53/h10-11,14-26,33,44H,8-9,12-13,27-32H2,1-7H3,(H,48,49)(H,50,55)/b34-17+,42-26-. The molecule has 0 aromatic heterocycles. The molecule has 296 valence electrons. The molecular weight excluding hydrogens is 697 g/mol. The molecular formula is C47H60N6O3. The van der Waals surface area contributed by atoms with Crippen molar-refractivity contribution in [2.24, 2.45) is 4.99 Å². The van der Waals surface area contributed by atoms with Gasteiger partial charge in [-0.2, -0.15) is 0 Å². The lowest BCUT2D eigenvalue weighted by atomic mass is 9.86. The van der Waals surface area contributed by atoms with Gasteiger partial charge in [-0.3, -0.25) is 19.3 Å². The molecule has 2 heterocycles. The summed E-state index contributed by atoms with van der Waals surface area (Å²) in [5.74, 6) is 0.0856. The SMILES string of the molecule is CC/C(C)=C/C=C(\N=C(C=O)Nc1ccc(C(C(=O)N2CCC=CCC2)N2CCN(CC)CC2)cc1)c1cccc(NC(=O)c2ccc(C(C)(C)C)cc2)c1C. The number of amidine groups is 1. The van der Waals surface area contributed by atoms with Crippen LogP contribution in [-0.2, 0) is 15.0 Å². The lowest BCUT2D eigenvalue weighted by molar-refractivity contribution is -0.138. The predicted molar refractivity (Wildman–Crippen MR) is 231 cm³/mol. The van der Waals surface area contributed by atoms with Gasteiger partial charge in [-0.25, -0.2) is 4.99 Å². The van der Waals surface area contributed by atoms with Gasteiger partial charge in [0.05, 0.1) is 5.70 Å². The zero-order chi connectivity index (χ0) is 40.2. The minimum atomic E-state index is -0.373. The van der Waals surface area contributed by atoms with Crippen LogP contribution in [0.5, 0.6) is 0 Å². The Balaban J connectivity index is 1.40. The quantitative estimate of drug-likeness (QED) is 0.0631. The number of piperazine rings is 1. The van der Waals surface area contributed by atoms with Crippen molar-refractivity contribution in [2.45, 2.75) is 79.2 Å². The van der Waals surface area contributed by atoms with Crippen molar-refractivity contribution in [1.82, 2.24) is 14.7 Å². The van der Waals surface area contributed by atoms with E-state index < -0.39 is 0 Å². The van der Waals surface area contributed by atoms with Crippen molar-refractivity contribution in [2.75, 3.05) is 56.4 Å². The van der Waals surface area contributed by atoms with Crippen LogP contribution in [0, 0.1) is 6.92 Å². The minimum Gasteiger partial charge on any atom is -0.340 e. The van der Waals surface area contributed by atoms with Gasteiger partial charge in [-0.1, -0.05) is 94.8 Å². The molecule has 5 rings (SSSR count). The number of rotatable bonds is 12. The molecule has 9 nitrogen and oxygen atoms in total. The van der Waals surface area contributed by atoms with E-state index in [9.17, 15) is 14.4 Å². The van der Waals surface area contributed by atoms with Gasteiger partial charge in [0.15, 0.2) is 12.1 Å². The summed E-state index contributed by atoms with van der Waals surface area (Å²) in [7, 11) is 0. The third-order valence-electron chi connectivity index (χ3n) is 10.9. The van der Waals surface area contributed by atoms with Crippen molar-refractivity contribution in [3.8, 4) is 0 Å². The molecule has 3 aromatic rings. The maximum Gasteiger partial charge on any atom is 0.255 e. The summed E-state index contributed by atoms with van der Waals surface area (Å²) in [4.78, 5) is 51.7. The van der Waals surface area contributed by atoms with Gasteiger partial charge in [0.1, 0.15) is 6.04 Å². The Labute approximate surface area is 334 Å². The molecule has 1 fully saturated rings. The van der Waals surface area contributed by atoms with E-state index in [1.54, 1.807) is 0 Å². The fourth-order valence-electron chi connectivity index (χ4n) is 7.05. The summed E-state index contributed by atoms with van der Waals surface area (Å²) in [6.07, 6.45) is 11.6. The highest BCUT2D eigenvalue weighted by Crippen LogP contribution is 2.30. The fourth-order valence-corrected chi connectivity index (χ4v) is 7.05. The molecule has 0 bridgehead atoms. The highest BCUT2D eigenvalue weighted by atomic mass is 16.2. The number of hydrogen-bond acceptors (Lipinski definition) is 6. The number of allylic oxidation sites excluding steroid dienone is 3. The maximum atomic E-state index is 14.2. The topological polar surface area (TPSA) is 97.3 Å². The number of nitrogens with zero attached hydrogens (tertiary/aromatic N) is 4. The summed E-state index contributed by atoms with van der Waals surface area (Å²) >= 11 is 0. The van der Waals surface area contributed by atoms with Crippen molar-refractivity contribution in [3.63, 3.8) is 0 Å². The van der Waals surface area contributed by atoms with Crippen LogP contribution in [0.2, 0.25) is 0 Å². The Hall–Kier alpha value is -5.12. The van der Waals surface area contributed by atoms with Crippen LogP contribution in [-0.4, -0.2) is 84.4 Å². The smallest absolute Gasteiger partial charge is 0.255 e. The lowest BCUT2D eigenvalue weighted by Gasteiger charge is -2.40. The van der Waals surface area contributed by atoms with E-state index in [0.29, 0.717) is 28.9 Å². The van der Waals surface area contributed by atoms with Gasteiger partial charge in [-0.15, -0.1) is 0 Å². The number of nitrogens with one attached hydrogen (secondary N) is 2. The summed E-state index contributed by atoms with van der Waals surface area (Å²) in [5, 5.41) is 6.31. The Bertz CT molecular complexity index is 1930. The van der Waals surface area contributed by atoms with E-state index in [-0.39, 0.29) is 29.1 Å². The molecule has 2 aliphatic heterocycles. The van der Waals surface area contributed by atoms with Gasteiger partial charge in [-0.05, 0) is 98.2 Å². The van der Waals surface area contributed by atoms with Crippen LogP contribution in [0.1, 0.15) is 99.5 Å². The molecule has 1 unspecified atom stereocenters. The van der Waals surface area contributed by atoms with Crippen LogP contribution >= 0.6 is 0 Å². The lowest BCUT2D eigenvalue weighted by Crippen LogP contribution is -2.51. The normalized spacial score (nSPS) is 17.0. The number of benzene rings is 3. The summed E-state index contributed by atoms with van der Waals surface area (Å²) in [6.45, 7) is 20.7. The van der Waals surface area contributed by atoms with E-state index in [1.165, 1.54) is 0 Å². The van der Waals surface area contributed by atoms with Crippen molar-refractivity contribution in [3.05, 3.63) is 124 Å². The van der Waals surface area contributed by atoms with Crippen LogP contribution in [0.25, 0.3) is 5.70 Å². The third-order valence-corrected chi connectivity index (χ3v) is 10.9. The number of aldehydes is 1. The van der Waals surface area contributed by atoms with Crippen molar-refractivity contribution >= 4 is 41.0 Å². The average Bonchev–Trinajstić information content (AvgIpc) is 3.50. The second kappa shape index (κ2) is 19.6. The number of likely N-dealkylation sites (N-methyl/N-ethyl adjacent to an activating group) is 1. The molecule has 2 N–H and O–H groups in total. The second-order valence-corrected chi connectivity index (χ2v) is 15.8. The Morgan fingerprint density at radius 1 is 0.839 bits per heavy atom. The molecule has 3 aromatic carbocycles. The molecule has 1 atom stereocenters. The summed E-state index contributed by atoms with van der Waals surface area (Å²) in [6, 6.07) is 20.9. The summed E-state index contributed by atoms with van der Waals surface area (Å²) in [5.41, 5.74) is 7.37. The first-order chi connectivity index (χ1) is 26.9. The first-order valence-electron chi connectivity index (χ1n) is 20.1. The molecule has 0 saturated carbocycles. The first-order valence-corrected chi connectivity index (χ1v) is 20.1. The Kier molecular flexibility index (Phi) is 14.7. The van der Waals surface area contributed by atoms with Crippen molar-refractivity contribution < 1.29 is 14.4 Å². The minimum absolute atomic E-state index is 0.00930. The van der Waals surface area contributed by atoms with E-state index in [1.807, 2.05) is 90.7 Å². The van der Waals surface area contributed by atoms with E-state index in [2.05, 4.69) is 74.1 Å². The average molecular weight is 757 g/mol. The summed E-state index contributed by atoms with van der Waals surface area (Å²) < 4.78 is 0. The third kappa shape index (κ3) is 11.0. The number of carbonyl (C=O) groups is 3. The number of carbonyl (C=O) groups excluding carboxylic acids is 3. The van der Waals surface area contributed by atoms with Crippen LogP contribution in [0.3, 0.4) is 0 Å². The molecule has 2 aliphatic rings. The zero-order valence-corrected chi connectivity index (χ0v) is 34.4. The Morgan fingerprint density at radius 2 is 1.50 bits per heavy atom. The molecule has 0 radical (unpaired) electrons. The highest BCUT2D eigenvalue weighted by Gasteiger charge is 2.33. The molecule has 0 spiro atoms. The van der Waals surface area contributed by atoms with Gasteiger partial charge in [0.25, 0.3) is 5.91 Å². The fraction of sp³-hybridized carbons (Fsp3) is 0.404. The number of anilines is 2.